The molecule has 10 heteroatoms. The molecule has 0 fully saturated rings. The number of rotatable bonds is 10. The van der Waals surface area contributed by atoms with Crippen molar-refractivity contribution in [2.45, 2.75) is 20.0 Å². The first-order valence-electron chi connectivity index (χ1n) is 11.4. The third-order valence-electron chi connectivity index (χ3n) is 5.54. The van der Waals surface area contributed by atoms with Crippen molar-refractivity contribution in [1.82, 2.24) is 25.2 Å². The summed E-state index contributed by atoms with van der Waals surface area (Å²) in [4.78, 5) is 32.5. The van der Waals surface area contributed by atoms with Gasteiger partial charge < -0.3 is 30.8 Å². The van der Waals surface area contributed by atoms with Crippen molar-refractivity contribution in [2.24, 2.45) is 0 Å². The summed E-state index contributed by atoms with van der Waals surface area (Å²) in [5, 5.41) is 16.4. The molecule has 0 atom stereocenters. The van der Waals surface area contributed by atoms with Crippen LogP contribution in [0.3, 0.4) is 0 Å². The van der Waals surface area contributed by atoms with Crippen LogP contribution in [0.25, 0.3) is 21.9 Å². The number of nitrogens with two attached hydrogens (primary N) is 1. The van der Waals surface area contributed by atoms with Crippen LogP contribution >= 0.6 is 0 Å². The number of fused-ring (bicyclic) bond motifs is 3. The predicted molar refractivity (Wildman–Crippen MR) is 138 cm³/mol. The summed E-state index contributed by atoms with van der Waals surface area (Å²) < 4.78 is 6.78. The molecule has 0 saturated carbocycles. The van der Waals surface area contributed by atoms with E-state index < -0.39 is 12.1 Å². The van der Waals surface area contributed by atoms with E-state index in [4.69, 9.17) is 10.5 Å². The zero-order valence-corrected chi connectivity index (χ0v) is 20.0. The van der Waals surface area contributed by atoms with E-state index in [1.165, 1.54) is 0 Å². The largest absolute Gasteiger partial charge is 0.475 e. The monoisotopic (exact) mass is 488 g/mol. The maximum absolute atomic E-state index is 12.0. The van der Waals surface area contributed by atoms with Crippen molar-refractivity contribution in [1.29, 1.82) is 0 Å². The highest BCUT2D eigenvalue weighted by atomic mass is 16.5. The van der Waals surface area contributed by atoms with Gasteiger partial charge in [-0.3, -0.25) is 0 Å². The molecule has 2 heterocycles. The number of nitrogen functional groups attached to an aromatic ring is 1. The molecule has 1 amide bonds. The van der Waals surface area contributed by atoms with E-state index in [-0.39, 0.29) is 24.8 Å². The second-order valence-corrected chi connectivity index (χ2v) is 8.48. The minimum absolute atomic E-state index is 0.110. The van der Waals surface area contributed by atoms with Crippen molar-refractivity contribution in [3.8, 4) is 0 Å². The lowest BCUT2D eigenvalue weighted by atomic mass is 10.1. The summed E-state index contributed by atoms with van der Waals surface area (Å²) in [5.74, 6) is -1.07. The summed E-state index contributed by atoms with van der Waals surface area (Å²) in [6.07, 6.45) is -0.495. The quantitative estimate of drug-likeness (QED) is 0.197. The van der Waals surface area contributed by atoms with Gasteiger partial charge in [0.05, 0.1) is 11.0 Å². The van der Waals surface area contributed by atoms with Crippen LogP contribution in [-0.2, 0) is 17.8 Å². The van der Waals surface area contributed by atoms with Gasteiger partial charge in [-0.25, -0.2) is 19.6 Å². The highest BCUT2D eigenvalue weighted by Crippen LogP contribution is 2.29. The molecule has 0 aliphatic carbocycles. The molecule has 186 valence electrons. The number of carbonyl (C=O) groups excluding carboxylic acids is 1. The van der Waals surface area contributed by atoms with Crippen molar-refractivity contribution in [3.05, 3.63) is 77.6 Å². The van der Waals surface area contributed by atoms with E-state index in [1.807, 2.05) is 55.5 Å². The van der Waals surface area contributed by atoms with E-state index in [1.54, 1.807) is 4.57 Å². The van der Waals surface area contributed by atoms with Gasteiger partial charge in [-0.05, 0) is 24.1 Å². The molecule has 5 N–H and O–H groups in total. The number of aromatic nitrogens is 3. The molecule has 2 aromatic heterocycles. The van der Waals surface area contributed by atoms with E-state index in [0.29, 0.717) is 36.2 Å². The van der Waals surface area contributed by atoms with Crippen LogP contribution < -0.4 is 16.4 Å². The van der Waals surface area contributed by atoms with Gasteiger partial charge in [-0.1, -0.05) is 54.6 Å². The molecular weight excluding hydrogens is 460 g/mol. The van der Waals surface area contributed by atoms with Gasteiger partial charge in [0.25, 0.3) is 0 Å². The molecule has 0 aliphatic rings. The van der Waals surface area contributed by atoms with Crippen LogP contribution in [0.1, 0.15) is 28.7 Å². The topological polar surface area (TPSA) is 144 Å². The predicted octanol–water partition coefficient (Wildman–Crippen LogP) is 3.31. The van der Waals surface area contributed by atoms with Crippen LogP contribution in [0, 0.1) is 0 Å². The Bertz CT molecular complexity index is 1430. The van der Waals surface area contributed by atoms with Gasteiger partial charge >= 0.3 is 12.1 Å². The summed E-state index contributed by atoms with van der Waals surface area (Å²) in [6, 6.07) is 14.9. The Labute approximate surface area is 207 Å². The first-order valence-corrected chi connectivity index (χ1v) is 11.4. The lowest BCUT2D eigenvalue weighted by Gasteiger charge is -2.11. The number of nitrogens with one attached hydrogen (secondary N) is 2. The van der Waals surface area contributed by atoms with Gasteiger partial charge in [-0.15, -0.1) is 0 Å². The maximum Gasteiger partial charge on any atom is 0.407 e. The first kappa shape index (κ1) is 24.7. The lowest BCUT2D eigenvalue weighted by molar-refractivity contribution is 0.0679. The number of aromatic carboxylic acids is 1. The molecule has 10 nitrogen and oxygen atoms in total. The van der Waals surface area contributed by atoms with Crippen LogP contribution in [0.4, 0.5) is 10.6 Å². The van der Waals surface area contributed by atoms with Gasteiger partial charge in [0.2, 0.25) is 5.82 Å². The number of amides is 1. The smallest absolute Gasteiger partial charge is 0.407 e. The molecule has 4 rings (SSSR count). The number of benzene rings is 2. The van der Waals surface area contributed by atoms with Crippen molar-refractivity contribution in [3.63, 3.8) is 0 Å². The van der Waals surface area contributed by atoms with Crippen LogP contribution in [0.2, 0.25) is 0 Å². The standard InChI is InChI=1S/C26H28N6O4/c1-16(2)13-28-11-12-36-26(35)29-14-17-7-9-18(10-8-17)15-32-22-19-5-3-4-6-20(19)30-23(27)21(22)31-24(32)25(33)34/h3-10,28H,1,11-15H2,2H3,(H2,27,30)(H,29,35)(H,33,34). The van der Waals surface area contributed by atoms with Crippen LogP contribution in [0.5, 0.6) is 0 Å². The van der Waals surface area contributed by atoms with Crippen LogP contribution in [0.15, 0.2) is 60.7 Å². The number of hydrogen-bond acceptors (Lipinski definition) is 7. The Hall–Kier alpha value is -4.44. The van der Waals surface area contributed by atoms with E-state index >= 15 is 0 Å². The highest BCUT2D eigenvalue weighted by Gasteiger charge is 2.21. The fourth-order valence-corrected chi connectivity index (χ4v) is 3.86. The number of ether oxygens (including phenoxy) is 1. The average molecular weight is 489 g/mol. The van der Waals surface area contributed by atoms with Gasteiger partial charge in [0.1, 0.15) is 12.1 Å². The third kappa shape index (κ3) is 5.61. The number of imidazole rings is 1. The number of alkyl carbamates (subject to hydrolysis) is 1. The lowest BCUT2D eigenvalue weighted by Crippen LogP contribution is -2.28. The van der Waals surface area contributed by atoms with Gasteiger partial charge in [-0.2, -0.15) is 0 Å². The molecule has 0 bridgehead atoms. The fraction of sp³-hybridized carbons (Fsp3) is 0.231. The van der Waals surface area contributed by atoms with E-state index in [9.17, 15) is 14.7 Å². The number of para-hydroxylation sites is 1. The normalized spacial score (nSPS) is 11.0. The summed E-state index contributed by atoms with van der Waals surface area (Å²) >= 11 is 0. The molecule has 0 spiro atoms. The number of pyridine rings is 1. The molecule has 0 radical (unpaired) electrons. The number of nitrogens with zero attached hydrogens (tertiary/aromatic N) is 3. The van der Waals surface area contributed by atoms with Gasteiger partial charge in [0.15, 0.2) is 5.82 Å². The number of carboxylic acids is 1. The van der Waals surface area contributed by atoms with Crippen molar-refractivity contribution in [2.75, 3.05) is 25.4 Å². The Kier molecular flexibility index (Phi) is 7.45. The second kappa shape index (κ2) is 10.9. The van der Waals surface area contributed by atoms with E-state index in [0.717, 1.165) is 22.1 Å². The maximum atomic E-state index is 12.0. The van der Waals surface area contributed by atoms with Gasteiger partial charge in [0, 0.05) is 31.6 Å². The Morgan fingerprint density at radius 2 is 1.83 bits per heavy atom. The number of hydrogen-bond donors (Lipinski definition) is 4. The molecule has 4 aromatic rings. The molecule has 0 unspecified atom stereocenters. The number of carbonyl (C=O) groups is 2. The molecular formula is C26H28N6O4. The molecule has 0 saturated heterocycles. The van der Waals surface area contributed by atoms with Crippen molar-refractivity contribution < 1.29 is 19.4 Å². The van der Waals surface area contributed by atoms with Crippen molar-refractivity contribution >= 4 is 39.8 Å². The number of anilines is 1. The molecule has 0 aliphatic heterocycles. The summed E-state index contributed by atoms with van der Waals surface area (Å²) in [5.41, 5.74) is 10.5. The zero-order chi connectivity index (χ0) is 25.7. The van der Waals surface area contributed by atoms with E-state index in [2.05, 4.69) is 27.2 Å². The SMILES string of the molecule is C=C(C)CNCCOC(=O)NCc1ccc(Cn2c(C(=O)O)nc3c(N)nc4ccccc4c32)cc1. The molecule has 2 aromatic carbocycles. The minimum Gasteiger partial charge on any atom is -0.475 e. The molecule has 36 heavy (non-hydrogen) atoms. The Morgan fingerprint density at radius 1 is 1.11 bits per heavy atom. The highest BCUT2D eigenvalue weighted by molar-refractivity contribution is 6.08. The fourth-order valence-electron chi connectivity index (χ4n) is 3.86. The van der Waals surface area contributed by atoms with Crippen LogP contribution in [-0.4, -0.2) is 51.4 Å². The average Bonchev–Trinajstić information content (AvgIpc) is 3.24. The second-order valence-electron chi connectivity index (χ2n) is 8.48. The number of carboxylic acid groups (broad SMARTS) is 1. The zero-order valence-electron chi connectivity index (χ0n) is 20.0. The third-order valence-corrected chi connectivity index (χ3v) is 5.54. The summed E-state index contributed by atoms with van der Waals surface area (Å²) in [7, 11) is 0. The summed E-state index contributed by atoms with van der Waals surface area (Å²) in [6.45, 7) is 7.79. The first-order chi connectivity index (χ1) is 17.3. The Morgan fingerprint density at radius 3 is 2.56 bits per heavy atom. The minimum atomic E-state index is -1.15. The Balaban J connectivity index is 1.46.